The number of aliphatic carboxylic acids is 1. The third-order valence-electron chi connectivity index (χ3n) is 4.60. The first-order valence-corrected chi connectivity index (χ1v) is 9.16. The van der Waals surface area contributed by atoms with Crippen molar-refractivity contribution in [3.63, 3.8) is 0 Å². The lowest BCUT2D eigenvalue weighted by Gasteiger charge is -2.33. The molecule has 2 unspecified atom stereocenters. The van der Waals surface area contributed by atoms with Gasteiger partial charge in [-0.25, -0.2) is 8.42 Å². The van der Waals surface area contributed by atoms with Crippen LogP contribution >= 0.6 is 0 Å². The minimum Gasteiger partial charge on any atom is -0.481 e. The number of carboxylic acid groups (broad SMARTS) is 1. The molecule has 1 spiro atoms. The van der Waals surface area contributed by atoms with Crippen LogP contribution in [0, 0.1) is 0 Å². The first kappa shape index (κ1) is 15.8. The molecule has 1 saturated heterocycles. The highest BCUT2D eigenvalue weighted by Crippen LogP contribution is 2.42. The number of carbonyl (C=O) groups is 1. The summed E-state index contributed by atoms with van der Waals surface area (Å²) in [4.78, 5) is 10.6. The molecule has 0 aromatic carbocycles. The molecule has 2 atom stereocenters. The SMILES string of the molecule is CC(CC(=O)O)S(=O)(=O)CC1CCC2(CCCCC2)O1. The fourth-order valence-electron chi connectivity index (χ4n) is 3.37. The molecule has 2 aliphatic rings. The summed E-state index contributed by atoms with van der Waals surface area (Å²) in [6.45, 7) is 1.47. The van der Waals surface area contributed by atoms with E-state index in [0.717, 1.165) is 38.5 Å². The zero-order valence-corrected chi connectivity index (χ0v) is 12.8. The van der Waals surface area contributed by atoms with E-state index in [1.165, 1.54) is 13.3 Å². The summed E-state index contributed by atoms with van der Waals surface area (Å²) in [7, 11) is -3.40. The molecule has 1 aliphatic heterocycles. The average Bonchev–Trinajstić information content (AvgIpc) is 2.71. The fraction of sp³-hybridized carbons (Fsp3) is 0.929. The fourth-order valence-corrected chi connectivity index (χ4v) is 4.85. The van der Waals surface area contributed by atoms with E-state index >= 15 is 0 Å². The molecule has 0 radical (unpaired) electrons. The van der Waals surface area contributed by atoms with Crippen molar-refractivity contribution in [2.24, 2.45) is 0 Å². The van der Waals surface area contributed by atoms with Gasteiger partial charge in [-0.1, -0.05) is 19.3 Å². The van der Waals surface area contributed by atoms with Gasteiger partial charge in [0.25, 0.3) is 0 Å². The van der Waals surface area contributed by atoms with E-state index < -0.39 is 21.1 Å². The summed E-state index contributed by atoms with van der Waals surface area (Å²) >= 11 is 0. The number of sulfone groups is 1. The third kappa shape index (κ3) is 3.73. The van der Waals surface area contributed by atoms with Crippen molar-refractivity contribution in [3.05, 3.63) is 0 Å². The van der Waals surface area contributed by atoms with Crippen LogP contribution in [0.5, 0.6) is 0 Å². The second kappa shape index (κ2) is 6.02. The Morgan fingerprint density at radius 2 is 1.95 bits per heavy atom. The molecule has 1 aliphatic carbocycles. The Labute approximate surface area is 120 Å². The van der Waals surface area contributed by atoms with Gasteiger partial charge in [0.15, 0.2) is 9.84 Å². The first-order chi connectivity index (χ1) is 9.33. The highest BCUT2D eigenvalue weighted by atomic mass is 32.2. The maximum absolute atomic E-state index is 12.1. The summed E-state index contributed by atoms with van der Waals surface area (Å²) in [6, 6.07) is 0. The Morgan fingerprint density at radius 3 is 2.55 bits per heavy atom. The number of hydrogen-bond acceptors (Lipinski definition) is 4. The first-order valence-electron chi connectivity index (χ1n) is 7.44. The monoisotopic (exact) mass is 304 g/mol. The number of carboxylic acids is 1. The van der Waals surface area contributed by atoms with E-state index in [1.807, 2.05) is 0 Å². The summed E-state index contributed by atoms with van der Waals surface area (Å²) in [5, 5.41) is 7.87. The normalized spacial score (nSPS) is 27.6. The second-order valence-corrected chi connectivity index (χ2v) is 8.72. The lowest BCUT2D eigenvalue weighted by molar-refractivity contribution is -0.136. The van der Waals surface area contributed by atoms with E-state index in [-0.39, 0.29) is 23.9 Å². The zero-order valence-electron chi connectivity index (χ0n) is 12.0. The molecule has 116 valence electrons. The van der Waals surface area contributed by atoms with Crippen molar-refractivity contribution in [2.75, 3.05) is 5.75 Å². The molecule has 2 rings (SSSR count). The predicted octanol–water partition coefficient (Wildman–Crippen LogP) is 2.15. The molecule has 5 nitrogen and oxygen atoms in total. The van der Waals surface area contributed by atoms with Crippen LogP contribution in [0.15, 0.2) is 0 Å². The molecule has 2 fully saturated rings. The summed E-state index contributed by atoms with van der Waals surface area (Å²) in [5.41, 5.74) is -0.0888. The highest BCUT2D eigenvalue weighted by molar-refractivity contribution is 7.92. The van der Waals surface area contributed by atoms with Gasteiger partial charge >= 0.3 is 5.97 Å². The number of hydrogen-bond donors (Lipinski definition) is 1. The Kier molecular flexibility index (Phi) is 4.74. The van der Waals surface area contributed by atoms with Crippen LogP contribution in [0.3, 0.4) is 0 Å². The molecule has 1 saturated carbocycles. The van der Waals surface area contributed by atoms with Crippen LogP contribution in [-0.4, -0.2) is 42.2 Å². The Balaban J connectivity index is 1.92. The van der Waals surface area contributed by atoms with Crippen molar-refractivity contribution in [1.29, 1.82) is 0 Å². The van der Waals surface area contributed by atoms with Gasteiger partial charge in [0.2, 0.25) is 0 Å². The van der Waals surface area contributed by atoms with Crippen molar-refractivity contribution in [2.45, 2.75) is 75.2 Å². The molecular weight excluding hydrogens is 280 g/mol. The zero-order chi connectivity index (χ0) is 14.8. The number of ether oxygens (including phenoxy) is 1. The highest BCUT2D eigenvalue weighted by Gasteiger charge is 2.42. The quantitative estimate of drug-likeness (QED) is 0.841. The van der Waals surface area contributed by atoms with E-state index in [4.69, 9.17) is 9.84 Å². The largest absolute Gasteiger partial charge is 0.481 e. The average molecular weight is 304 g/mol. The molecule has 0 bridgehead atoms. The molecule has 1 heterocycles. The topological polar surface area (TPSA) is 80.7 Å². The maximum atomic E-state index is 12.1. The van der Waals surface area contributed by atoms with Crippen LogP contribution < -0.4 is 0 Å². The van der Waals surface area contributed by atoms with Crippen molar-refractivity contribution >= 4 is 15.8 Å². The summed E-state index contributed by atoms with van der Waals surface area (Å²) in [5.74, 6) is -1.11. The summed E-state index contributed by atoms with van der Waals surface area (Å²) < 4.78 is 30.4. The third-order valence-corrected chi connectivity index (χ3v) is 6.83. The van der Waals surface area contributed by atoms with Gasteiger partial charge in [-0.05, 0) is 32.6 Å². The lowest BCUT2D eigenvalue weighted by atomic mass is 9.83. The van der Waals surface area contributed by atoms with Crippen LogP contribution in [0.1, 0.15) is 58.3 Å². The van der Waals surface area contributed by atoms with Gasteiger partial charge in [-0.15, -0.1) is 0 Å². The summed E-state index contributed by atoms with van der Waals surface area (Å²) in [6.07, 6.45) is 6.77. The van der Waals surface area contributed by atoms with Crippen LogP contribution in [0.25, 0.3) is 0 Å². The number of rotatable bonds is 5. The van der Waals surface area contributed by atoms with Crippen LogP contribution in [0.2, 0.25) is 0 Å². The van der Waals surface area contributed by atoms with Crippen molar-refractivity contribution < 1.29 is 23.1 Å². The van der Waals surface area contributed by atoms with Gasteiger partial charge in [-0.2, -0.15) is 0 Å². The molecule has 20 heavy (non-hydrogen) atoms. The van der Waals surface area contributed by atoms with E-state index in [0.29, 0.717) is 0 Å². The van der Waals surface area contributed by atoms with E-state index in [9.17, 15) is 13.2 Å². The second-order valence-electron chi connectivity index (χ2n) is 6.26. The molecule has 1 N–H and O–H groups in total. The van der Waals surface area contributed by atoms with E-state index in [1.54, 1.807) is 0 Å². The molecule has 6 heteroatoms. The minimum atomic E-state index is -3.40. The Hall–Kier alpha value is -0.620. The molecular formula is C14H24O5S. The molecule has 0 aromatic rings. The van der Waals surface area contributed by atoms with E-state index in [2.05, 4.69) is 0 Å². The Bertz CT molecular complexity index is 450. The van der Waals surface area contributed by atoms with Gasteiger partial charge in [0.1, 0.15) is 0 Å². The van der Waals surface area contributed by atoms with Gasteiger partial charge in [-0.3, -0.25) is 4.79 Å². The smallest absolute Gasteiger partial charge is 0.304 e. The van der Waals surface area contributed by atoms with Crippen molar-refractivity contribution in [3.8, 4) is 0 Å². The van der Waals surface area contributed by atoms with Crippen molar-refractivity contribution in [1.82, 2.24) is 0 Å². The molecule has 0 amide bonds. The maximum Gasteiger partial charge on any atom is 0.304 e. The Morgan fingerprint density at radius 1 is 1.30 bits per heavy atom. The van der Waals surface area contributed by atoms with Gasteiger partial charge in [0, 0.05) is 0 Å². The van der Waals surface area contributed by atoms with Crippen LogP contribution in [0.4, 0.5) is 0 Å². The standard InChI is InChI=1S/C14H24O5S/c1-11(9-13(15)16)20(17,18)10-12-5-8-14(19-12)6-3-2-4-7-14/h11-12H,2-10H2,1H3,(H,15,16). The minimum absolute atomic E-state index is 0.0385. The van der Waals surface area contributed by atoms with Gasteiger partial charge in [0.05, 0.1) is 29.1 Å². The predicted molar refractivity (Wildman–Crippen MR) is 75.4 cm³/mol. The lowest BCUT2D eigenvalue weighted by Crippen LogP contribution is -2.35. The van der Waals surface area contributed by atoms with Gasteiger partial charge < -0.3 is 9.84 Å². The van der Waals surface area contributed by atoms with Crippen LogP contribution in [-0.2, 0) is 19.4 Å². The molecule has 0 aromatic heterocycles.